The number of aromatic nitrogens is 1. The second-order valence-electron chi connectivity index (χ2n) is 3.95. The molecule has 5 nitrogen and oxygen atoms in total. The van der Waals surface area contributed by atoms with Crippen molar-refractivity contribution in [1.82, 2.24) is 15.2 Å². The Hall–Kier alpha value is -1.53. The van der Waals surface area contributed by atoms with Crippen molar-refractivity contribution in [3.8, 4) is 0 Å². The number of hydrogen-bond acceptors (Lipinski definition) is 4. The van der Waals surface area contributed by atoms with Crippen LogP contribution in [0.3, 0.4) is 0 Å². The highest BCUT2D eigenvalue weighted by Crippen LogP contribution is 2.08. The Bertz CT molecular complexity index is 395. The highest BCUT2D eigenvalue weighted by atomic mass is 19.1. The number of piperazine rings is 1. The predicted octanol–water partition coefficient (Wildman–Crippen LogP) is -0.407. The highest BCUT2D eigenvalue weighted by molar-refractivity contribution is 5.92. The van der Waals surface area contributed by atoms with Gasteiger partial charge in [-0.2, -0.15) is 0 Å². The summed E-state index contributed by atoms with van der Waals surface area (Å²) in [6, 6.07) is 2.61. The number of nitrogens with two attached hydrogens (primary N) is 1. The molecule has 0 aromatic carbocycles. The van der Waals surface area contributed by atoms with E-state index in [-0.39, 0.29) is 17.6 Å². The number of halogens is 1. The molecular weight excluding hydrogens is 223 g/mol. The number of pyridine rings is 1. The van der Waals surface area contributed by atoms with E-state index in [0.717, 1.165) is 12.7 Å². The lowest BCUT2D eigenvalue weighted by atomic mass is 10.1. The first-order chi connectivity index (χ1) is 8.22. The van der Waals surface area contributed by atoms with E-state index < -0.39 is 5.82 Å². The standard InChI is InChI=1S/C11H15FN4O/c12-8-1-2-10(15-6-8)11(17)16-4-3-14-7-9(16)5-13/h1-2,6,9,14H,3-5,7,13H2. The number of nitrogens with zero attached hydrogens (tertiary/aromatic N) is 2. The number of amides is 1. The minimum Gasteiger partial charge on any atom is -0.331 e. The van der Waals surface area contributed by atoms with Crippen LogP contribution >= 0.6 is 0 Å². The second kappa shape index (κ2) is 5.20. The smallest absolute Gasteiger partial charge is 0.272 e. The molecule has 0 spiro atoms. The van der Waals surface area contributed by atoms with Crippen LogP contribution in [0.25, 0.3) is 0 Å². The van der Waals surface area contributed by atoms with E-state index in [1.807, 2.05) is 0 Å². The quantitative estimate of drug-likeness (QED) is 0.735. The molecule has 1 atom stereocenters. The van der Waals surface area contributed by atoms with Gasteiger partial charge in [0, 0.05) is 26.2 Å². The lowest BCUT2D eigenvalue weighted by molar-refractivity contribution is 0.0638. The molecule has 1 fully saturated rings. The van der Waals surface area contributed by atoms with Crippen molar-refractivity contribution in [2.75, 3.05) is 26.2 Å². The zero-order chi connectivity index (χ0) is 12.3. The number of nitrogens with one attached hydrogen (secondary N) is 1. The zero-order valence-electron chi connectivity index (χ0n) is 9.40. The zero-order valence-corrected chi connectivity index (χ0v) is 9.40. The van der Waals surface area contributed by atoms with Gasteiger partial charge < -0.3 is 16.0 Å². The van der Waals surface area contributed by atoms with E-state index in [2.05, 4.69) is 10.3 Å². The van der Waals surface area contributed by atoms with E-state index in [1.54, 1.807) is 4.90 Å². The van der Waals surface area contributed by atoms with Crippen LogP contribution in [0.5, 0.6) is 0 Å². The molecule has 0 bridgehead atoms. The van der Waals surface area contributed by atoms with Crippen molar-refractivity contribution >= 4 is 5.91 Å². The maximum Gasteiger partial charge on any atom is 0.272 e. The van der Waals surface area contributed by atoms with E-state index in [9.17, 15) is 9.18 Å². The van der Waals surface area contributed by atoms with E-state index in [0.29, 0.717) is 19.6 Å². The molecule has 0 radical (unpaired) electrons. The largest absolute Gasteiger partial charge is 0.331 e. The van der Waals surface area contributed by atoms with Crippen molar-refractivity contribution in [2.24, 2.45) is 5.73 Å². The fraction of sp³-hybridized carbons (Fsp3) is 0.455. The van der Waals surface area contributed by atoms with Crippen LogP contribution in [0.15, 0.2) is 18.3 Å². The van der Waals surface area contributed by atoms with Crippen LogP contribution in [0.4, 0.5) is 4.39 Å². The Balaban J connectivity index is 2.15. The Morgan fingerprint density at radius 2 is 2.47 bits per heavy atom. The lowest BCUT2D eigenvalue weighted by Crippen LogP contribution is -2.56. The minimum atomic E-state index is -0.447. The molecular formula is C11H15FN4O. The normalized spacial score (nSPS) is 20.4. The van der Waals surface area contributed by atoms with Crippen LogP contribution in [0.2, 0.25) is 0 Å². The fourth-order valence-electron chi connectivity index (χ4n) is 1.89. The summed E-state index contributed by atoms with van der Waals surface area (Å²) in [7, 11) is 0. The first kappa shape index (κ1) is 11.9. The molecule has 1 aliphatic rings. The van der Waals surface area contributed by atoms with Crippen LogP contribution < -0.4 is 11.1 Å². The van der Waals surface area contributed by atoms with Gasteiger partial charge in [0.2, 0.25) is 0 Å². The van der Waals surface area contributed by atoms with Crippen molar-refractivity contribution in [3.05, 3.63) is 29.8 Å². The molecule has 1 amide bonds. The highest BCUT2D eigenvalue weighted by Gasteiger charge is 2.26. The topological polar surface area (TPSA) is 71.2 Å². The average Bonchev–Trinajstić information content (AvgIpc) is 2.39. The third-order valence-electron chi connectivity index (χ3n) is 2.83. The van der Waals surface area contributed by atoms with Gasteiger partial charge >= 0.3 is 0 Å². The fourth-order valence-corrected chi connectivity index (χ4v) is 1.89. The Labute approximate surface area is 98.8 Å². The number of rotatable bonds is 2. The molecule has 1 aliphatic heterocycles. The molecule has 0 aliphatic carbocycles. The van der Waals surface area contributed by atoms with Crippen LogP contribution in [-0.2, 0) is 0 Å². The minimum absolute atomic E-state index is 0.0249. The molecule has 3 N–H and O–H groups in total. The summed E-state index contributed by atoms with van der Waals surface area (Å²) in [5, 5.41) is 3.18. The van der Waals surface area contributed by atoms with Gasteiger partial charge in [-0.05, 0) is 12.1 Å². The summed E-state index contributed by atoms with van der Waals surface area (Å²) in [4.78, 5) is 17.6. The first-order valence-electron chi connectivity index (χ1n) is 5.55. The van der Waals surface area contributed by atoms with Crippen molar-refractivity contribution in [2.45, 2.75) is 6.04 Å². The van der Waals surface area contributed by atoms with Gasteiger partial charge in [-0.1, -0.05) is 0 Å². The van der Waals surface area contributed by atoms with Gasteiger partial charge in [-0.3, -0.25) is 4.79 Å². The summed E-state index contributed by atoms with van der Waals surface area (Å²) in [5.41, 5.74) is 5.88. The summed E-state index contributed by atoms with van der Waals surface area (Å²) in [6.07, 6.45) is 1.05. The SMILES string of the molecule is NCC1CNCCN1C(=O)c1ccc(F)cn1. The van der Waals surface area contributed by atoms with Crippen LogP contribution in [-0.4, -0.2) is 48.0 Å². The molecule has 1 unspecified atom stereocenters. The lowest BCUT2D eigenvalue weighted by Gasteiger charge is -2.35. The molecule has 2 heterocycles. The van der Waals surface area contributed by atoms with Crippen LogP contribution in [0.1, 0.15) is 10.5 Å². The van der Waals surface area contributed by atoms with Gasteiger partial charge in [0.25, 0.3) is 5.91 Å². The summed E-state index contributed by atoms with van der Waals surface area (Å²) in [5.74, 6) is -0.640. The maximum atomic E-state index is 12.7. The van der Waals surface area contributed by atoms with E-state index in [4.69, 9.17) is 5.73 Å². The molecule has 1 saturated heterocycles. The summed E-state index contributed by atoms with van der Waals surface area (Å²) >= 11 is 0. The van der Waals surface area contributed by atoms with Gasteiger partial charge in [0.05, 0.1) is 12.2 Å². The third kappa shape index (κ3) is 2.59. The average molecular weight is 238 g/mol. The molecule has 6 heteroatoms. The van der Waals surface area contributed by atoms with E-state index >= 15 is 0 Å². The molecule has 0 saturated carbocycles. The molecule has 1 aromatic rings. The van der Waals surface area contributed by atoms with E-state index in [1.165, 1.54) is 12.1 Å². The maximum absolute atomic E-state index is 12.7. The first-order valence-corrected chi connectivity index (χ1v) is 5.55. The number of carbonyl (C=O) groups excluding carboxylic acids is 1. The van der Waals surface area contributed by atoms with Crippen molar-refractivity contribution < 1.29 is 9.18 Å². The van der Waals surface area contributed by atoms with Crippen molar-refractivity contribution in [3.63, 3.8) is 0 Å². The van der Waals surface area contributed by atoms with Gasteiger partial charge in [0.1, 0.15) is 11.5 Å². The summed E-state index contributed by atoms with van der Waals surface area (Å²) < 4.78 is 12.7. The van der Waals surface area contributed by atoms with Crippen LogP contribution in [0, 0.1) is 5.82 Å². The van der Waals surface area contributed by atoms with Gasteiger partial charge in [0.15, 0.2) is 0 Å². The Kier molecular flexibility index (Phi) is 3.65. The van der Waals surface area contributed by atoms with Gasteiger partial charge in [-0.25, -0.2) is 9.37 Å². The molecule has 2 rings (SSSR count). The Morgan fingerprint density at radius 1 is 1.65 bits per heavy atom. The second-order valence-corrected chi connectivity index (χ2v) is 3.95. The molecule has 1 aromatic heterocycles. The molecule has 17 heavy (non-hydrogen) atoms. The van der Waals surface area contributed by atoms with Crippen molar-refractivity contribution in [1.29, 1.82) is 0 Å². The number of carbonyl (C=O) groups is 1. The Morgan fingerprint density at radius 3 is 3.12 bits per heavy atom. The third-order valence-corrected chi connectivity index (χ3v) is 2.83. The summed E-state index contributed by atoms with van der Waals surface area (Å²) in [6.45, 7) is 2.42. The number of hydrogen-bond donors (Lipinski definition) is 2. The van der Waals surface area contributed by atoms with Gasteiger partial charge in [-0.15, -0.1) is 0 Å². The monoisotopic (exact) mass is 238 g/mol. The molecule has 92 valence electrons. The predicted molar refractivity (Wildman–Crippen MR) is 60.9 cm³/mol.